The highest BCUT2D eigenvalue weighted by Gasteiger charge is 2.25. The Bertz CT molecular complexity index is 753. The van der Waals surface area contributed by atoms with Crippen molar-refractivity contribution in [1.29, 1.82) is 0 Å². The third kappa shape index (κ3) is 4.76. The number of nitrogens with one attached hydrogen (secondary N) is 1. The summed E-state index contributed by atoms with van der Waals surface area (Å²) in [4.78, 5) is 14.4. The van der Waals surface area contributed by atoms with E-state index >= 15 is 0 Å². The van der Waals surface area contributed by atoms with Crippen LogP contribution >= 0.6 is 0 Å². The van der Waals surface area contributed by atoms with Crippen LogP contribution in [0.3, 0.4) is 0 Å². The lowest BCUT2D eigenvalue weighted by Gasteiger charge is -2.32. The maximum absolute atomic E-state index is 12.2. The second kappa shape index (κ2) is 8.84. The fourth-order valence-corrected chi connectivity index (χ4v) is 3.31. The predicted molar refractivity (Wildman–Crippen MR) is 107 cm³/mol. The molecule has 3 rings (SSSR count). The maximum Gasteiger partial charge on any atom is 0.223 e. The highest BCUT2D eigenvalue weighted by Crippen LogP contribution is 2.29. The number of hydrogen-bond acceptors (Lipinski definition) is 5. The number of benzene rings is 1. The Morgan fingerprint density at radius 1 is 1.19 bits per heavy atom. The van der Waals surface area contributed by atoms with Gasteiger partial charge in [-0.05, 0) is 43.0 Å². The number of hydrogen-bond donors (Lipinski definition) is 1. The highest BCUT2D eigenvalue weighted by atomic mass is 16.5. The summed E-state index contributed by atoms with van der Waals surface area (Å²) in [6, 6.07) is 11.8. The lowest BCUT2D eigenvalue weighted by atomic mass is 9.95. The van der Waals surface area contributed by atoms with Crippen molar-refractivity contribution in [2.75, 3.05) is 31.6 Å². The molecule has 2 aromatic rings. The summed E-state index contributed by atoms with van der Waals surface area (Å²) in [6.45, 7) is 6.60. The molecule has 1 fully saturated rings. The molecular formula is C21H28N4O2. The predicted octanol–water partition coefficient (Wildman–Crippen LogP) is 3.14. The van der Waals surface area contributed by atoms with Crippen LogP contribution in [0.5, 0.6) is 5.75 Å². The van der Waals surface area contributed by atoms with Crippen molar-refractivity contribution in [1.82, 2.24) is 15.5 Å². The van der Waals surface area contributed by atoms with Crippen molar-refractivity contribution in [2.24, 2.45) is 11.8 Å². The van der Waals surface area contributed by atoms with Gasteiger partial charge in [0.05, 0.1) is 12.8 Å². The fourth-order valence-electron chi connectivity index (χ4n) is 3.31. The van der Waals surface area contributed by atoms with Crippen LogP contribution in [-0.2, 0) is 4.79 Å². The average molecular weight is 368 g/mol. The second-order valence-electron chi connectivity index (χ2n) is 7.38. The molecule has 1 saturated heterocycles. The normalized spacial score (nSPS) is 15.0. The van der Waals surface area contributed by atoms with Crippen LogP contribution in [0.2, 0.25) is 0 Å². The molecule has 0 atom stereocenters. The number of para-hydroxylation sites is 1. The van der Waals surface area contributed by atoms with E-state index in [1.54, 1.807) is 7.11 Å². The number of rotatable bonds is 6. The third-order valence-electron chi connectivity index (χ3n) is 4.91. The summed E-state index contributed by atoms with van der Waals surface area (Å²) in [5.41, 5.74) is 1.72. The molecule has 0 radical (unpaired) electrons. The zero-order chi connectivity index (χ0) is 19.2. The molecule has 1 aliphatic heterocycles. The summed E-state index contributed by atoms with van der Waals surface area (Å²) in [6.07, 6.45) is 1.69. The van der Waals surface area contributed by atoms with Gasteiger partial charge < -0.3 is 15.0 Å². The van der Waals surface area contributed by atoms with Gasteiger partial charge in [0.25, 0.3) is 0 Å². The summed E-state index contributed by atoms with van der Waals surface area (Å²) in [7, 11) is 1.65. The number of nitrogens with zero attached hydrogens (tertiary/aromatic N) is 3. The number of carbonyl (C=O) groups is 1. The monoisotopic (exact) mass is 368 g/mol. The molecular weight excluding hydrogens is 340 g/mol. The molecule has 0 bridgehead atoms. The van der Waals surface area contributed by atoms with E-state index in [1.165, 1.54) is 0 Å². The summed E-state index contributed by atoms with van der Waals surface area (Å²) in [5.74, 6) is 2.40. The van der Waals surface area contributed by atoms with Crippen molar-refractivity contribution in [3.8, 4) is 17.0 Å². The van der Waals surface area contributed by atoms with Gasteiger partial charge in [0, 0.05) is 31.1 Å². The molecule has 6 nitrogen and oxygen atoms in total. The summed E-state index contributed by atoms with van der Waals surface area (Å²) in [5, 5.41) is 11.8. The van der Waals surface area contributed by atoms with E-state index in [0.29, 0.717) is 5.92 Å². The number of methoxy groups -OCH3 is 1. The van der Waals surface area contributed by atoms with Gasteiger partial charge in [-0.15, -0.1) is 10.2 Å². The summed E-state index contributed by atoms with van der Waals surface area (Å²) >= 11 is 0. The van der Waals surface area contributed by atoms with E-state index in [-0.39, 0.29) is 11.8 Å². The minimum absolute atomic E-state index is 0.0980. The summed E-state index contributed by atoms with van der Waals surface area (Å²) < 4.78 is 5.40. The van der Waals surface area contributed by atoms with E-state index in [0.717, 1.165) is 55.3 Å². The van der Waals surface area contributed by atoms with Crippen molar-refractivity contribution in [2.45, 2.75) is 26.7 Å². The van der Waals surface area contributed by atoms with Gasteiger partial charge in [-0.3, -0.25) is 4.79 Å². The highest BCUT2D eigenvalue weighted by molar-refractivity contribution is 5.79. The first kappa shape index (κ1) is 19.1. The zero-order valence-corrected chi connectivity index (χ0v) is 16.3. The first-order valence-corrected chi connectivity index (χ1v) is 9.58. The third-order valence-corrected chi connectivity index (χ3v) is 4.91. The fraction of sp³-hybridized carbons (Fsp3) is 0.476. The topological polar surface area (TPSA) is 67.3 Å². The number of ether oxygens (including phenoxy) is 1. The molecule has 1 aromatic heterocycles. The van der Waals surface area contributed by atoms with Gasteiger partial charge in [0.1, 0.15) is 5.75 Å². The second-order valence-corrected chi connectivity index (χ2v) is 7.38. The molecule has 0 unspecified atom stereocenters. The molecule has 2 heterocycles. The molecule has 0 spiro atoms. The molecule has 0 saturated carbocycles. The van der Waals surface area contributed by atoms with E-state index < -0.39 is 0 Å². The molecule has 1 aromatic carbocycles. The Labute approximate surface area is 160 Å². The van der Waals surface area contributed by atoms with Crippen LogP contribution in [0, 0.1) is 11.8 Å². The molecule has 1 N–H and O–H groups in total. The lowest BCUT2D eigenvalue weighted by molar-refractivity contribution is -0.125. The number of carbonyl (C=O) groups excluding carboxylic acids is 1. The van der Waals surface area contributed by atoms with Crippen molar-refractivity contribution in [3.63, 3.8) is 0 Å². The van der Waals surface area contributed by atoms with Gasteiger partial charge in [0.15, 0.2) is 5.82 Å². The van der Waals surface area contributed by atoms with Crippen molar-refractivity contribution >= 4 is 11.7 Å². The quantitative estimate of drug-likeness (QED) is 0.848. The van der Waals surface area contributed by atoms with E-state index in [2.05, 4.69) is 34.3 Å². The van der Waals surface area contributed by atoms with Crippen LogP contribution in [0.4, 0.5) is 5.82 Å². The van der Waals surface area contributed by atoms with Crippen LogP contribution < -0.4 is 15.0 Å². The van der Waals surface area contributed by atoms with Gasteiger partial charge >= 0.3 is 0 Å². The van der Waals surface area contributed by atoms with Crippen LogP contribution in [0.25, 0.3) is 11.3 Å². The SMILES string of the molecule is COc1ccccc1-c1ccc(N2CCC(C(=O)NCC(C)C)CC2)nn1. The zero-order valence-electron chi connectivity index (χ0n) is 16.3. The number of amides is 1. The largest absolute Gasteiger partial charge is 0.496 e. The number of piperidine rings is 1. The molecule has 0 aliphatic carbocycles. The Balaban J connectivity index is 1.60. The first-order chi connectivity index (χ1) is 13.1. The Morgan fingerprint density at radius 2 is 1.93 bits per heavy atom. The lowest BCUT2D eigenvalue weighted by Crippen LogP contribution is -2.41. The average Bonchev–Trinajstić information content (AvgIpc) is 2.72. The van der Waals surface area contributed by atoms with Gasteiger partial charge in [-0.25, -0.2) is 0 Å². The van der Waals surface area contributed by atoms with Crippen molar-refractivity contribution < 1.29 is 9.53 Å². The first-order valence-electron chi connectivity index (χ1n) is 9.58. The molecule has 6 heteroatoms. The van der Waals surface area contributed by atoms with Crippen LogP contribution in [0.15, 0.2) is 36.4 Å². The molecule has 1 aliphatic rings. The Kier molecular flexibility index (Phi) is 6.27. The van der Waals surface area contributed by atoms with E-state index in [4.69, 9.17) is 4.74 Å². The molecule has 144 valence electrons. The Morgan fingerprint density at radius 3 is 2.56 bits per heavy atom. The van der Waals surface area contributed by atoms with Crippen LogP contribution in [-0.4, -0.2) is 42.8 Å². The van der Waals surface area contributed by atoms with Crippen LogP contribution in [0.1, 0.15) is 26.7 Å². The number of anilines is 1. The van der Waals surface area contributed by atoms with Gasteiger partial charge in [-0.2, -0.15) is 0 Å². The van der Waals surface area contributed by atoms with Gasteiger partial charge in [-0.1, -0.05) is 26.0 Å². The molecule has 1 amide bonds. The van der Waals surface area contributed by atoms with Gasteiger partial charge in [0.2, 0.25) is 5.91 Å². The van der Waals surface area contributed by atoms with E-state index in [1.807, 2.05) is 36.4 Å². The smallest absolute Gasteiger partial charge is 0.223 e. The minimum atomic E-state index is 0.0980. The maximum atomic E-state index is 12.2. The Hall–Kier alpha value is -2.63. The number of aromatic nitrogens is 2. The minimum Gasteiger partial charge on any atom is -0.496 e. The molecule has 27 heavy (non-hydrogen) atoms. The van der Waals surface area contributed by atoms with E-state index in [9.17, 15) is 4.79 Å². The standard InChI is InChI=1S/C21H28N4O2/c1-15(2)14-22-21(26)16-10-12-25(13-11-16)20-9-8-18(23-24-20)17-6-4-5-7-19(17)27-3/h4-9,15-16H,10-14H2,1-3H3,(H,22,26). The van der Waals surface area contributed by atoms with Crippen molar-refractivity contribution in [3.05, 3.63) is 36.4 Å².